The molecule has 2 unspecified atom stereocenters. The maximum Gasteiger partial charge on any atom is 0.323 e. The Balaban J connectivity index is 0.00000180. The number of nitrogens with one attached hydrogen (secondary N) is 1. The first-order valence-electron chi connectivity index (χ1n) is 5.84. The molecule has 0 saturated carbocycles. The van der Waals surface area contributed by atoms with Crippen LogP contribution in [-0.4, -0.2) is 31.8 Å². The molecule has 0 radical (unpaired) electrons. The minimum absolute atomic E-state index is 0. The van der Waals surface area contributed by atoms with E-state index in [1.165, 1.54) is 7.11 Å². The summed E-state index contributed by atoms with van der Waals surface area (Å²) in [5.74, 6) is 0.598. The number of carbonyl (C=O) groups excluding carboxylic acids is 1. The summed E-state index contributed by atoms with van der Waals surface area (Å²) in [6.45, 7) is 2.68. The summed E-state index contributed by atoms with van der Waals surface area (Å²) in [4.78, 5) is 11.4. The second-order valence-electron chi connectivity index (χ2n) is 4.37. The van der Waals surface area contributed by atoms with Gasteiger partial charge in [-0.05, 0) is 30.7 Å². The molecule has 1 aromatic carbocycles. The van der Waals surface area contributed by atoms with Gasteiger partial charge in [-0.15, -0.1) is 12.4 Å². The fourth-order valence-corrected chi connectivity index (χ4v) is 2.24. The minimum Gasteiger partial charge on any atom is -0.489 e. The first kappa shape index (κ1) is 16.3. The Bertz CT molecular complexity index is 456. The average molecular weight is 351 g/mol. The van der Waals surface area contributed by atoms with Crippen LogP contribution in [0.15, 0.2) is 22.7 Å². The summed E-state index contributed by atoms with van der Waals surface area (Å²) in [6, 6.07) is 5.61. The van der Waals surface area contributed by atoms with Crippen LogP contribution >= 0.6 is 28.3 Å². The van der Waals surface area contributed by atoms with Crippen molar-refractivity contribution in [2.45, 2.75) is 25.5 Å². The second kappa shape index (κ2) is 7.12. The molecule has 4 nitrogen and oxygen atoms in total. The molecule has 0 bridgehead atoms. The number of rotatable bonds is 3. The van der Waals surface area contributed by atoms with E-state index in [9.17, 15) is 4.79 Å². The van der Waals surface area contributed by atoms with E-state index in [1.807, 2.05) is 25.1 Å². The standard InChI is InChI=1S/C13H16BrNO3.ClH/c1-8-5-9(3-4-11(8)14)18-10-6-12(15-7-10)13(16)17-2;/h3-5,10,12,15H,6-7H2,1-2H3;1H. The third kappa shape index (κ3) is 4.09. The van der Waals surface area contributed by atoms with Crippen molar-refractivity contribution in [2.75, 3.05) is 13.7 Å². The molecule has 1 N–H and O–H groups in total. The van der Waals surface area contributed by atoms with Crippen molar-refractivity contribution in [1.82, 2.24) is 5.32 Å². The Morgan fingerprint density at radius 1 is 1.47 bits per heavy atom. The smallest absolute Gasteiger partial charge is 0.323 e. The van der Waals surface area contributed by atoms with E-state index >= 15 is 0 Å². The van der Waals surface area contributed by atoms with E-state index < -0.39 is 0 Å². The number of halogens is 2. The number of carbonyl (C=O) groups is 1. The number of benzene rings is 1. The van der Waals surface area contributed by atoms with Gasteiger partial charge in [-0.1, -0.05) is 15.9 Å². The molecule has 1 aliphatic rings. The number of hydrogen-bond acceptors (Lipinski definition) is 4. The highest BCUT2D eigenvalue weighted by molar-refractivity contribution is 9.10. The van der Waals surface area contributed by atoms with Crippen molar-refractivity contribution in [3.8, 4) is 5.75 Å². The number of ether oxygens (including phenoxy) is 2. The molecule has 0 amide bonds. The lowest BCUT2D eigenvalue weighted by molar-refractivity contribution is -0.142. The lowest BCUT2D eigenvalue weighted by Crippen LogP contribution is -2.31. The zero-order valence-corrected chi connectivity index (χ0v) is 13.2. The monoisotopic (exact) mass is 349 g/mol. The van der Waals surface area contributed by atoms with Gasteiger partial charge in [0.15, 0.2) is 0 Å². The normalized spacial score (nSPS) is 21.6. The molecule has 19 heavy (non-hydrogen) atoms. The molecule has 1 heterocycles. The Labute approximate surface area is 127 Å². The van der Waals surface area contributed by atoms with Gasteiger partial charge >= 0.3 is 5.97 Å². The molecule has 1 aromatic rings. The van der Waals surface area contributed by atoms with Gasteiger partial charge in [-0.2, -0.15) is 0 Å². The molecule has 2 rings (SSSR count). The van der Waals surface area contributed by atoms with Crippen molar-refractivity contribution in [3.63, 3.8) is 0 Å². The molecule has 106 valence electrons. The van der Waals surface area contributed by atoms with Crippen LogP contribution in [0.2, 0.25) is 0 Å². The highest BCUT2D eigenvalue weighted by Gasteiger charge is 2.31. The van der Waals surface area contributed by atoms with Gasteiger partial charge in [0.2, 0.25) is 0 Å². The number of methoxy groups -OCH3 is 1. The molecule has 0 spiro atoms. The van der Waals surface area contributed by atoms with E-state index in [1.54, 1.807) is 0 Å². The van der Waals surface area contributed by atoms with E-state index in [4.69, 9.17) is 9.47 Å². The van der Waals surface area contributed by atoms with Crippen LogP contribution in [0.4, 0.5) is 0 Å². The van der Waals surface area contributed by atoms with E-state index in [2.05, 4.69) is 21.2 Å². The molecular weight excluding hydrogens is 334 g/mol. The van der Waals surface area contributed by atoms with Gasteiger partial charge in [0.25, 0.3) is 0 Å². The molecule has 1 fully saturated rings. The topological polar surface area (TPSA) is 47.6 Å². The maximum absolute atomic E-state index is 11.4. The predicted octanol–water partition coefficient (Wildman–Crippen LogP) is 2.46. The van der Waals surface area contributed by atoms with E-state index in [0.717, 1.165) is 15.8 Å². The highest BCUT2D eigenvalue weighted by Crippen LogP contribution is 2.24. The largest absolute Gasteiger partial charge is 0.489 e. The quantitative estimate of drug-likeness (QED) is 0.851. The van der Waals surface area contributed by atoms with Crippen molar-refractivity contribution < 1.29 is 14.3 Å². The molecule has 1 saturated heterocycles. The Morgan fingerprint density at radius 3 is 2.84 bits per heavy atom. The highest BCUT2D eigenvalue weighted by atomic mass is 79.9. The fraction of sp³-hybridized carbons (Fsp3) is 0.462. The SMILES string of the molecule is COC(=O)C1CC(Oc2ccc(Br)c(C)c2)CN1.Cl. The molecule has 6 heteroatoms. The first-order valence-corrected chi connectivity index (χ1v) is 6.63. The summed E-state index contributed by atoms with van der Waals surface area (Å²) in [5.41, 5.74) is 1.13. The van der Waals surface area contributed by atoms with Crippen LogP contribution in [0.5, 0.6) is 5.75 Å². The minimum atomic E-state index is -0.253. The van der Waals surface area contributed by atoms with Crippen LogP contribution < -0.4 is 10.1 Å². The van der Waals surface area contributed by atoms with Crippen LogP contribution in [0.3, 0.4) is 0 Å². The van der Waals surface area contributed by atoms with Crippen LogP contribution in [0.1, 0.15) is 12.0 Å². The zero-order valence-electron chi connectivity index (χ0n) is 10.8. The lowest BCUT2D eigenvalue weighted by Gasteiger charge is -2.13. The fourth-order valence-electron chi connectivity index (χ4n) is 2.00. The van der Waals surface area contributed by atoms with Crippen LogP contribution in [0.25, 0.3) is 0 Å². The lowest BCUT2D eigenvalue weighted by atomic mass is 10.2. The molecule has 1 aliphatic heterocycles. The molecular formula is C13H17BrClNO3. The third-order valence-electron chi connectivity index (χ3n) is 3.01. The number of esters is 1. The summed E-state index contributed by atoms with van der Waals surface area (Å²) < 4.78 is 11.6. The first-order chi connectivity index (χ1) is 8.60. The van der Waals surface area contributed by atoms with Gasteiger partial charge < -0.3 is 14.8 Å². The summed E-state index contributed by atoms with van der Waals surface area (Å²) in [7, 11) is 1.40. The maximum atomic E-state index is 11.4. The van der Waals surface area contributed by atoms with Crippen LogP contribution in [0, 0.1) is 6.92 Å². The van der Waals surface area contributed by atoms with Gasteiger partial charge in [0.05, 0.1) is 7.11 Å². The summed E-state index contributed by atoms with van der Waals surface area (Å²) >= 11 is 3.45. The van der Waals surface area contributed by atoms with E-state index in [0.29, 0.717) is 13.0 Å². The summed E-state index contributed by atoms with van der Waals surface area (Å²) in [5, 5.41) is 3.09. The molecule has 0 aromatic heterocycles. The Morgan fingerprint density at radius 2 is 2.21 bits per heavy atom. The number of aryl methyl sites for hydroxylation is 1. The Kier molecular flexibility index (Phi) is 6.10. The summed E-state index contributed by atoms with van der Waals surface area (Å²) in [6.07, 6.45) is 0.650. The second-order valence-corrected chi connectivity index (χ2v) is 5.22. The Hall–Kier alpha value is -0.780. The van der Waals surface area contributed by atoms with Gasteiger partial charge in [-0.25, -0.2) is 0 Å². The predicted molar refractivity (Wildman–Crippen MR) is 79.0 cm³/mol. The zero-order chi connectivity index (χ0) is 13.1. The molecule has 0 aliphatic carbocycles. The van der Waals surface area contributed by atoms with Crippen molar-refractivity contribution >= 4 is 34.3 Å². The van der Waals surface area contributed by atoms with Gasteiger partial charge in [0, 0.05) is 17.4 Å². The number of hydrogen-bond donors (Lipinski definition) is 1. The third-order valence-corrected chi connectivity index (χ3v) is 3.90. The van der Waals surface area contributed by atoms with Crippen LogP contribution in [-0.2, 0) is 9.53 Å². The molecule has 2 atom stereocenters. The average Bonchev–Trinajstić information content (AvgIpc) is 2.81. The van der Waals surface area contributed by atoms with Gasteiger partial charge in [0.1, 0.15) is 17.9 Å². The van der Waals surface area contributed by atoms with Crippen molar-refractivity contribution in [1.29, 1.82) is 0 Å². The van der Waals surface area contributed by atoms with Crippen molar-refractivity contribution in [2.24, 2.45) is 0 Å². The van der Waals surface area contributed by atoms with E-state index in [-0.39, 0.29) is 30.5 Å². The van der Waals surface area contributed by atoms with Gasteiger partial charge in [-0.3, -0.25) is 4.79 Å². The van der Waals surface area contributed by atoms with Crippen molar-refractivity contribution in [3.05, 3.63) is 28.2 Å².